The number of rotatable bonds is 6. The van der Waals surface area contributed by atoms with Crippen LogP contribution in [0, 0.1) is 20.8 Å². The molecular formula is C28H28N4O4. The highest BCUT2D eigenvalue weighted by Gasteiger charge is 2.28. The van der Waals surface area contributed by atoms with Crippen LogP contribution in [0.4, 0.5) is 5.69 Å². The Balaban J connectivity index is 1.30. The lowest BCUT2D eigenvalue weighted by Crippen LogP contribution is -2.29. The molecule has 0 fully saturated rings. The van der Waals surface area contributed by atoms with Crippen LogP contribution in [0.5, 0.6) is 0 Å². The molecule has 8 heteroatoms. The maximum atomic E-state index is 12.8. The van der Waals surface area contributed by atoms with Gasteiger partial charge in [-0.15, -0.1) is 0 Å². The van der Waals surface area contributed by atoms with Crippen molar-refractivity contribution in [1.29, 1.82) is 0 Å². The van der Waals surface area contributed by atoms with Crippen molar-refractivity contribution in [1.82, 2.24) is 10.9 Å². The Kier molecular flexibility index (Phi) is 6.33. The van der Waals surface area contributed by atoms with E-state index in [4.69, 9.17) is 8.83 Å². The van der Waals surface area contributed by atoms with Gasteiger partial charge in [0, 0.05) is 28.5 Å². The number of hydrogen-bond donors (Lipinski definition) is 3. The van der Waals surface area contributed by atoms with E-state index in [0.29, 0.717) is 29.9 Å². The predicted octanol–water partition coefficient (Wildman–Crippen LogP) is 5.11. The molecule has 0 saturated heterocycles. The molecule has 1 aliphatic carbocycles. The van der Waals surface area contributed by atoms with Crippen LogP contribution in [0.25, 0.3) is 11.0 Å². The largest absolute Gasteiger partial charge is 0.464 e. The summed E-state index contributed by atoms with van der Waals surface area (Å²) in [6.07, 6.45) is 4.01. The molecule has 1 aliphatic rings. The Morgan fingerprint density at radius 3 is 2.61 bits per heavy atom. The maximum absolute atomic E-state index is 12.8. The number of nitrogens with one attached hydrogen (secondary N) is 3. The van der Waals surface area contributed by atoms with E-state index in [1.807, 2.05) is 63.2 Å². The Morgan fingerprint density at radius 2 is 1.81 bits per heavy atom. The normalized spacial score (nSPS) is 14.0. The van der Waals surface area contributed by atoms with E-state index in [-0.39, 0.29) is 24.0 Å². The van der Waals surface area contributed by atoms with E-state index in [9.17, 15) is 9.59 Å². The number of carbonyl (C=O) groups is 2. The number of anilines is 1. The quantitative estimate of drug-likeness (QED) is 0.330. The smallest absolute Gasteiger partial charge is 0.305 e. The molecule has 5 rings (SSSR count). The summed E-state index contributed by atoms with van der Waals surface area (Å²) in [5.74, 6) is 0.344. The van der Waals surface area contributed by atoms with Crippen molar-refractivity contribution in [3.8, 4) is 0 Å². The van der Waals surface area contributed by atoms with Gasteiger partial charge in [0.25, 0.3) is 0 Å². The molecule has 0 radical (unpaired) electrons. The van der Waals surface area contributed by atoms with E-state index in [0.717, 1.165) is 45.3 Å². The molecule has 2 aromatic heterocycles. The van der Waals surface area contributed by atoms with Crippen LogP contribution in [0.2, 0.25) is 0 Å². The first-order chi connectivity index (χ1) is 17.4. The first-order valence-electron chi connectivity index (χ1n) is 12.0. The summed E-state index contributed by atoms with van der Waals surface area (Å²) >= 11 is 0. The third kappa shape index (κ3) is 4.49. The fourth-order valence-electron chi connectivity index (χ4n) is 4.57. The van der Waals surface area contributed by atoms with Gasteiger partial charge in [-0.3, -0.25) is 20.4 Å². The van der Waals surface area contributed by atoms with Gasteiger partial charge in [0.15, 0.2) is 5.76 Å². The van der Waals surface area contributed by atoms with Crippen molar-refractivity contribution in [3.63, 3.8) is 0 Å². The van der Waals surface area contributed by atoms with Gasteiger partial charge >= 0.3 is 5.91 Å². The van der Waals surface area contributed by atoms with Crippen molar-refractivity contribution >= 4 is 34.2 Å². The molecule has 3 N–H and O–H groups in total. The lowest BCUT2D eigenvalue weighted by Gasteiger charge is -2.13. The highest BCUT2D eigenvalue weighted by atomic mass is 16.4. The van der Waals surface area contributed by atoms with Gasteiger partial charge in [-0.05, 0) is 56.9 Å². The van der Waals surface area contributed by atoms with Crippen molar-refractivity contribution < 1.29 is 18.4 Å². The second kappa shape index (κ2) is 9.73. The first kappa shape index (κ1) is 23.4. The summed E-state index contributed by atoms with van der Waals surface area (Å²) in [4.78, 5) is 25.5. The zero-order valence-corrected chi connectivity index (χ0v) is 20.5. The van der Waals surface area contributed by atoms with Crippen LogP contribution in [0.1, 0.15) is 57.0 Å². The average molecular weight is 485 g/mol. The first-order valence-corrected chi connectivity index (χ1v) is 12.0. The van der Waals surface area contributed by atoms with Crippen LogP contribution >= 0.6 is 0 Å². The number of para-hydroxylation sites is 1. The highest BCUT2D eigenvalue weighted by Crippen LogP contribution is 2.30. The third-order valence-corrected chi connectivity index (χ3v) is 6.63. The Bertz CT molecular complexity index is 1480. The van der Waals surface area contributed by atoms with Crippen LogP contribution < -0.4 is 16.3 Å². The lowest BCUT2D eigenvalue weighted by atomic mass is 9.93. The van der Waals surface area contributed by atoms with E-state index in [1.54, 1.807) is 6.26 Å². The second-order valence-electron chi connectivity index (χ2n) is 9.07. The molecule has 4 aromatic rings. The maximum Gasteiger partial charge on any atom is 0.305 e. The van der Waals surface area contributed by atoms with E-state index in [2.05, 4.69) is 21.4 Å². The fraction of sp³-hybridized carbons (Fsp3) is 0.250. The number of carbonyl (C=O) groups excluding carboxylic acids is 2. The molecule has 0 saturated carbocycles. The van der Waals surface area contributed by atoms with Gasteiger partial charge in [0.1, 0.15) is 11.3 Å². The molecule has 2 aromatic carbocycles. The predicted molar refractivity (Wildman–Crippen MR) is 138 cm³/mol. The van der Waals surface area contributed by atoms with Gasteiger partial charge < -0.3 is 8.83 Å². The van der Waals surface area contributed by atoms with E-state index < -0.39 is 0 Å². The number of aryl methyl sites for hydroxylation is 3. The number of hydrazine groups is 1. The number of benzene rings is 2. The summed E-state index contributed by atoms with van der Waals surface area (Å²) in [6.45, 7) is 5.88. The SMILES string of the molecule is Cc1ccc2c(CC(=O)N/N=C3\CCCc4oc(C(=O)NNc5ccccc5)c(C)c43)coc2c1C. The summed E-state index contributed by atoms with van der Waals surface area (Å²) < 4.78 is 11.6. The Labute approximate surface area is 208 Å². The van der Waals surface area contributed by atoms with Crippen LogP contribution in [0.15, 0.2) is 62.7 Å². The van der Waals surface area contributed by atoms with Crippen LogP contribution in [-0.4, -0.2) is 17.5 Å². The number of amides is 2. The molecule has 0 bridgehead atoms. The molecule has 184 valence electrons. The zero-order valence-electron chi connectivity index (χ0n) is 20.5. The highest BCUT2D eigenvalue weighted by molar-refractivity contribution is 6.07. The molecule has 36 heavy (non-hydrogen) atoms. The van der Waals surface area contributed by atoms with Crippen molar-refractivity contribution in [2.45, 2.75) is 46.5 Å². The van der Waals surface area contributed by atoms with Crippen LogP contribution in [0.3, 0.4) is 0 Å². The fourth-order valence-corrected chi connectivity index (χ4v) is 4.57. The minimum atomic E-state index is -0.369. The topological polar surface area (TPSA) is 109 Å². The van der Waals surface area contributed by atoms with Gasteiger partial charge in [0.05, 0.1) is 24.1 Å². The van der Waals surface area contributed by atoms with Gasteiger partial charge in [0.2, 0.25) is 5.91 Å². The molecule has 2 amide bonds. The number of hydrazone groups is 1. The van der Waals surface area contributed by atoms with Crippen LogP contribution in [-0.2, 0) is 17.6 Å². The van der Waals surface area contributed by atoms with Gasteiger partial charge in [-0.25, -0.2) is 5.43 Å². The van der Waals surface area contributed by atoms with E-state index in [1.165, 1.54) is 0 Å². The molecule has 0 aliphatic heterocycles. The molecule has 2 heterocycles. The molecular weight excluding hydrogens is 456 g/mol. The van der Waals surface area contributed by atoms with Gasteiger partial charge in [-0.1, -0.05) is 30.3 Å². The number of fused-ring (bicyclic) bond motifs is 2. The molecule has 8 nitrogen and oxygen atoms in total. The second-order valence-corrected chi connectivity index (χ2v) is 9.07. The Hall–Kier alpha value is -4.33. The summed E-state index contributed by atoms with van der Waals surface area (Å²) in [7, 11) is 0. The molecule has 0 unspecified atom stereocenters. The average Bonchev–Trinajstić information content (AvgIpc) is 3.45. The number of nitrogens with zero attached hydrogens (tertiary/aromatic N) is 1. The lowest BCUT2D eigenvalue weighted by molar-refractivity contribution is -0.120. The Morgan fingerprint density at radius 1 is 1.00 bits per heavy atom. The molecule has 0 atom stereocenters. The zero-order chi connectivity index (χ0) is 25.2. The van der Waals surface area contributed by atoms with E-state index >= 15 is 0 Å². The van der Waals surface area contributed by atoms with Crippen molar-refractivity contribution in [2.24, 2.45) is 5.10 Å². The third-order valence-electron chi connectivity index (χ3n) is 6.63. The number of furan rings is 2. The van der Waals surface area contributed by atoms with Crippen molar-refractivity contribution in [3.05, 3.63) is 88.1 Å². The summed E-state index contributed by atoms with van der Waals surface area (Å²) in [6, 6.07) is 13.4. The minimum absolute atomic E-state index is 0.155. The minimum Gasteiger partial charge on any atom is -0.464 e. The summed E-state index contributed by atoms with van der Waals surface area (Å²) in [5, 5.41) is 5.36. The monoisotopic (exact) mass is 484 g/mol. The number of hydrogen-bond acceptors (Lipinski definition) is 6. The summed E-state index contributed by atoms with van der Waals surface area (Å²) in [5.41, 5.74) is 15.1. The van der Waals surface area contributed by atoms with Crippen molar-refractivity contribution in [2.75, 3.05) is 5.43 Å². The molecule has 0 spiro atoms. The van der Waals surface area contributed by atoms with Gasteiger partial charge in [-0.2, -0.15) is 5.10 Å². The standard InChI is InChI=1S/C28H28N4O4/c1-16-12-13-21-19(15-35-26(21)17(16)2)14-24(33)31-30-22-10-7-11-23-25(22)18(3)27(36-23)28(34)32-29-20-8-5-4-6-9-20/h4-6,8-9,12-13,15,29H,7,10-11,14H2,1-3H3,(H,31,33)(H,32,34)/b30-22+.